The number of likely N-dealkylation sites (tertiary alicyclic amines) is 2. The Morgan fingerprint density at radius 2 is 1.62 bits per heavy atom. The summed E-state index contributed by atoms with van der Waals surface area (Å²) in [5.41, 5.74) is 3.13. The van der Waals surface area contributed by atoms with E-state index in [0.29, 0.717) is 36.7 Å². The van der Waals surface area contributed by atoms with Crippen molar-refractivity contribution < 1.29 is 18.4 Å². The topological polar surface area (TPSA) is 78.4 Å². The lowest BCUT2D eigenvalue weighted by Crippen LogP contribution is -2.36. The molecule has 9 heteroatoms. The summed E-state index contributed by atoms with van der Waals surface area (Å²) in [5, 5.41) is 3.21. The van der Waals surface area contributed by atoms with Gasteiger partial charge in [0.2, 0.25) is 11.8 Å². The fourth-order valence-electron chi connectivity index (χ4n) is 6.64. The van der Waals surface area contributed by atoms with Crippen LogP contribution < -0.4 is 5.32 Å². The normalized spacial score (nSPS) is 23.9. The third-order valence-corrected chi connectivity index (χ3v) is 8.87. The molecule has 0 radical (unpaired) electrons. The van der Waals surface area contributed by atoms with Crippen LogP contribution in [0.2, 0.25) is 0 Å². The monoisotopic (exact) mass is 539 g/mol. The van der Waals surface area contributed by atoms with Crippen molar-refractivity contribution in [3.8, 4) is 0 Å². The summed E-state index contributed by atoms with van der Waals surface area (Å²) >= 11 is 0. The first-order chi connectivity index (χ1) is 18.7. The Kier molecular flexibility index (Phi) is 8.26. The van der Waals surface area contributed by atoms with E-state index < -0.39 is 5.92 Å². The first-order valence-electron chi connectivity index (χ1n) is 14.2. The summed E-state index contributed by atoms with van der Waals surface area (Å²) in [5.74, 6) is -1.70. The Hall–Kier alpha value is -2.94. The van der Waals surface area contributed by atoms with Crippen LogP contribution in [0, 0.1) is 31.6 Å². The summed E-state index contributed by atoms with van der Waals surface area (Å²) in [7, 11) is 0. The van der Waals surface area contributed by atoms with Crippen LogP contribution >= 0.6 is 0 Å². The van der Waals surface area contributed by atoms with Gasteiger partial charge in [-0.25, -0.2) is 18.7 Å². The van der Waals surface area contributed by atoms with E-state index in [1.165, 1.54) is 6.33 Å². The Bertz CT molecular complexity index is 1130. The van der Waals surface area contributed by atoms with Gasteiger partial charge in [-0.3, -0.25) is 9.59 Å². The maximum absolute atomic E-state index is 13.5. The minimum atomic E-state index is -2.58. The number of carbonyl (C=O) groups excluding carboxylic acids is 2. The van der Waals surface area contributed by atoms with Crippen LogP contribution in [0.1, 0.15) is 71.9 Å². The zero-order valence-electron chi connectivity index (χ0n) is 22.9. The molecule has 210 valence electrons. The van der Waals surface area contributed by atoms with Crippen molar-refractivity contribution >= 4 is 11.8 Å². The molecule has 2 aliphatic heterocycles. The zero-order valence-corrected chi connectivity index (χ0v) is 22.9. The predicted molar refractivity (Wildman–Crippen MR) is 144 cm³/mol. The molecule has 1 aromatic heterocycles. The number of hydrogen-bond acceptors (Lipinski definition) is 5. The average Bonchev–Trinajstić information content (AvgIpc) is 3.47. The molecule has 1 saturated carbocycles. The quantitative estimate of drug-likeness (QED) is 0.532. The molecule has 3 aliphatic rings. The molecular formula is C30H39F2N5O2. The standard InChI is InChI=1S/C30H39F2N5O2/c1-20-28(21(2)34-19-33-20)29(39)37-17-24-15-36(16-25(24)18-37)13-10-26(23-6-4-3-5-7-23)35-27(38)14-22-8-11-30(31,32)12-9-22/h3-7,19,22,24-26H,8-18H2,1-2H3,(H,35,38)/t24-,25+,26-/m0/s1. The molecule has 7 nitrogen and oxygen atoms in total. The van der Waals surface area contributed by atoms with Crippen LogP contribution in [0.25, 0.3) is 0 Å². The summed E-state index contributed by atoms with van der Waals surface area (Å²) in [6.07, 6.45) is 3.16. The van der Waals surface area contributed by atoms with Crippen LogP contribution in [0.3, 0.4) is 0 Å². The number of aromatic nitrogens is 2. The Labute approximate surface area is 229 Å². The average molecular weight is 540 g/mol. The van der Waals surface area contributed by atoms with E-state index >= 15 is 0 Å². The molecule has 0 bridgehead atoms. The Morgan fingerprint density at radius 1 is 1.00 bits per heavy atom. The van der Waals surface area contributed by atoms with Crippen LogP contribution in [0.5, 0.6) is 0 Å². The molecule has 2 amide bonds. The number of benzene rings is 1. The van der Waals surface area contributed by atoms with Gasteiger partial charge in [0.1, 0.15) is 6.33 Å². The Morgan fingerprint density at radius 3 is 2.23 bits per heavy atom. The van der Waals surface area contributed by atoms with Gasteiger partial charge in [0.15, 0.2) is 0 Å². The molecule has 1 aliphatic carbocycles. The summed E-state index contributed by atoms with van der Waals surface area (Å²) in [6.45, 7) is 7.92. The molecule has 3 atom stereocenters. The second-order valence-electron chi connectivity index (χ2n) is 11.7. The van der Waals surface area contributed by atoms with E-state index in [2.05, 4.69) is 20.2 Å². The van der Waals surface area contributed by atoms with Gasteiger partial charge in [0.05, 0.1) is 23.0 Å². The second-order valence-corrected chi connectivity index (χ2v) is 11.7. The van der Waals surface area contributed by atoms with Crippen LogP contribution in [0.4, 0.5) is 8.78 Å². The van der Waals surface area contributed by atoms with Crippen LogP contribution in [0.15, 0.2) is 36.7 Å². The summed E-state index contributed by atoms with van der Waals surface area (Å²) in [6, 6.07) is 9.86. The molecule has 5 rings (SSSR count). The minimum Gasteiger partial charge on any atom is -0.349 e. The molecule has 0 spiro atoms. The first kappa shape index (κ1) is 27.6. The highest BCUT2D eigenvalue weighted by atomic mass is 19.3. The number of hydrogen-bond donors (Lipinski definition) is 1. The van der Waals surface area contributed by atoms with E-state index in [9.17, 15) is 18.4 Å². The zero-order chi connectivity index (χ0) is 27.6. The predicted octanol–water partition coefficient (Wildman–Crippen LogP) is 4.56. The van der Waals surface area contributed by atoms with Crippen LogP contribution in [-0.4, -0.2) is 70.2 Å². The van der Waals surface area contributed by atoms with Crippen molar-refractivity contribution in [3.05, 3.63) is 59.2 Å². The molecule has 2 saturated heterocycles. The lowest BCUT2D eigenvalue weighted by molar-refractivity contribution is -0.124. The number of nitrogens with one attached hydrogen (secondary N) is 1. The van der Waals surface area contributed by atoms with Crippen molar-refractivity contribution in [2.45, 2.75) is 64.3 Å². The number of fused-ring (bicyclic) bond motifs is 1. The largest absolute Gasteiger partial charge is 0.349 e. The van der Waals surface area contributed by atoms with E-state index in [1.54, 1.807) is 0 Å². The molecular weight excluding hydrogens is 500 g/mol. The van der Waals surface area contributed by atoms with Crippen molar-refractivity contribution in [2.24, 2.45) is 17.8 Å². The highest BCUT2D eigenvalue weighted by molar-refractivity contribution is 5.96. The molecule has 3 fully saturated rings. The number of aryl methyl sites for hydroxylation is 2. The highest BCUT2D eigenvalue weighted by Gasteiger charge is 2.42. The summed E-state index contributed by atoms with van der Waals surface area (Å²) in [4.78, 5) is 39.0. The Balaban J connectivity index is 1.14. The fourth-order valence-corrected chi connectivity index (χ4v) is 6.64. The van der Waals surface area contributed by atoms with Gasteiger partial charge in [-0.05, 0) is 56.4 Å². The lowest BCUT2D eigenvalue weighted by Gasteiger charge is -2.29. The number of carbonyl (C=O) groups is 2. The molecule has 39 heavy (non-hydrogen) atoms. The number of rotatable bonds is 8. The molecule has 0 unspecified atom stereocenters. The van der Waals surface area contributed by atoms with Crippen LogP contribution in [-0.2, 0) is 4.79 Å². The van der Waals surface area contributed by atoms with E-state index in [-0.39, 0.29) is 36.6 Å². The van der Waals surface area contributed by atoms with Crippen molar-refractivity contribution in [1.82, 2.24) is 25.1 Å². The number of amides is 2. The van der Waals surface area contributed by atoms with Crippen molar-refractivity contribution in [3.63, 3.8) is 0 Å². The first-order valence-corrected chi connectivity index (χ1v) is 14.2. The lowest BCUT2D eigenvalue weighted by atomic mass is 9.84. The fraction of sp³-hybridized carbons (Fsp3) is 0.600. The third kappa shape index (κ3) is 6.62. The molecule has 2 aromatic rings. The molecule has 1 aromatic carbocycles. The van der Waals surface area contributed by atoms with E-state index in [1.807, 2.05) is 49.1 Å². The van der Waals surface area contributed by atoms with E-state index in [4.69, 9.17) is 0 Å². The van der Waals surface area contributed by atoms with Crippen molar-refractivity contribution in [1.29, 1.82) is 0 Å². The molecule has 1 N–H and O–H groups in total. The SMILES string of the molecule is Cc1ncnc(C)c1C(=O)N1C[C@H]2CN(CC[C@H](NC(=O)CC3CCC(F)(F)CC3)c3ccccc3)C[C@H]2C1. The summed E-state index contributed by atoms with van der Waals surface area (Å²) < 4.78 is 27.0. The second kappa shape index (κ2) is 11.7. The van der Waals surface area contributed by atoms with Gasteiger partial charge in [-0.15, -0.1) is 0 Å². The van der Waals surface area contributed by atoms with Gasteiger partial charge >= 0.3 is 0 Å². The number of halogens is 2. The van der Waals surface area contributed by atoms with E-state index in [0.717, 1.165) is 56.1 Å². The van der Waals surface area contributed by atoms with Gasteiger partial charge < -0.3 is 15.1 Å². The third-order valence-electron chi connectivity index (χ3n) is 8.87. The van der Waals surface area contributed by atoms with Gasteiger partial charge in [-0.2, -0.15) is 0 Å². The maximum atomic E-state index is 13.5. The molecule has 3 heterocycles. The smallest absolute Gasteiger partial charge is 0.257 e. The highest BCUT2D eigenvalue weighted by Crippen LogP contribution is 2.37. The van der Waals surface area contributed by atoms with Crippen molar-refractivity contribution in [2.75, 3.05) is 32.7 Å². The van der Waals surface area contributed by atoms with Gasteiger partial charge in [0, 0.05) is 52.0 Å². The number of alkyl halides is 2. The number of nitrogens with zero attached hydrogens (tertiary/aromatic N) is 4. The maximum Gasteiger partial charge on any atom is 0.257 e. The van der Waals surface area contributed by atoms with Gasteiger partial charge in [-0.1, -0.05) is 30.3 Å². The minimum absolute atomic E-state index is 0.0275. The van der Waals surface area contributed by atoms with Gasteiger partial charge in [0.25, 0.3) is 5.91 Å².